The molecule has 1 unspecified atom stereocenters. The zero-order chi connectivity index (χ0) is 16.0. The average Bonchev–Trinajstić information content (AvgIpc) is 2.84. The lowest BCUT2D eigenvalue weighted by atomic mass is 9.93. The van der Waals surface area contributed by atoms with Gasteiger partial charge in [-0.15, -0.1) is 0 Å². The van der Waals surface area contributed by atoms with Crippen molar-refractivity contribution in [3.63, 3.8) is 0 Å². The number of hydrogen-bond donors (Lipinski definition) is 1. The third kappa shape index (κ3) is 5.54. The van der Waals surface area contributed by atoms with Gasteiger partial charge in [-0.3, -0.25) is 9.80 Å². The molecule has 1 atom stereocenters. The van der Waals surface area contributed by atoms with Gasteiger partial charge in [0.1, 0.15) is 0 Å². The summed E-state index contributed by atoms with van der Waals surface area (Å²) >= 11 is 0. The first-order chi connectivity index (χ1) is 9.80. The molecule has 2 N–H and O–H groups in total. The number of nitrogens with two attached hydrogens (primary N) is 1. The van der Waals surface area contributed by atoms with Gasteiger partial charge in [-0.2, -0.15) is 0 Å². The summed E-state index contributed by atoms with van der Waals surface area (Å²) < 4.78 is 0. The standard InChI is InChI=1S/C18H39N3/c1-15(2)7-10-21(11-8-16(3)4)18(13-19)9-12-20(14-18)17(5)6/h15-17H,7-14,19H2,1-6H3. The van der Waals surface area contributed by atoms with E-state index >= 15 is 0 Å². The molecule has 0 radical (unpaired) electrons. The molecule has 1 aliphatic rings. The second-order valence-electron chi connectivity index (χ2n) is 8.09. The zero-order valence-electron chi connectivity index (χ0n) is 15.4. The minimum Gasteiger partial charge on any atom is -0.329 e. The second-order valence-corrected chi connectivity index (χ2v) is 8.09. The molecule has 1 fully saturated rings. The van der Waals surface area contributed by atoms with Gasteiger partial charge in [0.15, 0.2) is 0 Å². The number of likely N-dealkylation sites (tertiary alicyclic amines) is 1. The molecule has 0 saturated carbocycles. The minimum atomic E-state index is 0.216. The van der Waals surface area contributed by atoms with E-state index in [0.717, 1.165) is 24.9 Å². The summed E-state index contributed by atoms with van der Waals surface area (Å²) in [6.07, 6.45) is 3.79. The van der Waals surface area contributed by atoms with Crippen LogP contribution in [0, 0.1) is 11.8 Å². The maximum Gasteiger partial charge on any atom is 0.0470 e. The lowest BCUT2D eigenvalue weighted by Gasteiger charge is -2.42. The minimum absolute atomic E-state index is 0.216. The van der Waals surface area contributed by atoms with Crippen LogP contribution >= 0.6 is 0 Å². The van der Waals surface area contributed by atoms with Crippen molar-refractivity contribution in [3.8, 4) is 0 Å². The highest BCUT2D eigenvalue weighted by atomic mass is 15.3. The van der Waals surface area contributed by atoms with Crippen LogP contribution in [0.1, 0.15) is 60.8 Å². The van der Waals surface area contributed by atoms with Crippen molar-refractivity contribution in [1.82, 2.24) is 9.80 Å². The topological polar surface area (TPSA) is 32.5 Å². The molecule has 0 aromatic rings. The summed E-state index contributed by atoms with van der Waals surface area (Å²) in [4.78, 5) is 5.33. The van der Waals surface area contributed by atoms with E-state index in [4.69, 9.17) is 5.73 Å². The molecule has 21 heavy (non-hydrogen) atoms. The predicted octanol–water partition coefficient (Wildman–Crippen LogP) is 3.19. The largest absolute Gasteiger partial charge is 0.329 e. The van der Waals surface area contributed by atoms with Gasteiger partial charge in [-0.05, 0) is 58.0 Å². The Bertz CT molecular complexity index is 276. The van der Waals surface area contributed by atoms with Crippen LogP contribution in [-0.4, -0.2) is 54.1 Å². The van der Waals surface area contributed by atoms with Crippen molar-refractivity contribution in [2.24, 2.45) is 17.6 Å². The van der Waals surface area contributed by atoms with E-state index in [0.29, 0.717) is 6.04 Å². The Morgan fingerprint density at radius 1 is 1.00 bits per heavy atom. The van der Waals surface area contributed by atoms with Crippen LogP contribution in [0.15, 0.2) is 0 Å². The number of rotatable bonds is 9. The quantitative estimate of drug-likeness (QED) is 0.709. The van der Waals surface area contributed by atoms with Crippen LogP contribution in [0.5, 0.6) is 0 Å². The van der Waals surface area contributed by atoms with Crippen LogP contribution in [0.3, 0.4) is 0 Å². The van der Waals surface area contributed by atoms with Gasteiger partial charge in [0.05, 0.1) is 0 Å². The predicted molar refractivity (Wildman–Crippen MR) is 93.6 cm³/mol. The van der Waals surface area contributed by atoms with Crippen LogP contribution in [0.25, 0.3) is 0 Å². The molecule has 1 heterocycles. The van der Waals surface area contributed by atoms with Gasteiger partial charge < -0.3 is 5.73 Å². The first-order valence-corrected chi connectivity index (χ1v) is 9.00. The monoisotopic (exact) mass is 297 g/mol. The van der Waals surface area contributed by atoms with Crippen molar-refractivity contribution < 1.29 is 0 Å². The molecular formula is C18H39N3. The van der Waals surface area contributed by atoms with Gasteiger partial charge in [0.25, 0.3) is 0 Å². The molecule has 126 valence electrons. The van der Waals surface area contributed by atoms with E-state index in [1.54, 1.807) is 0 Å². The summed E-state index contributed by atoms with van der Waals surface area (Å²) in [5.41, 5.74) is 6.49. The lowest BCUT2D eigenvalue weighted by molar-refractivity contribution is 0.0834. The average molecular weight is 298 g/mol. The normalized spacial score (nSPS) is 24.1. The lowest BCUT2D eigenvalue weighted by Crippen LogP contribution is -2.56. The molecule has 1 saturated heterocycles. The van der Waals surface area contributed by atoms with E-state index in [9.17, 15) is 0 Å². The van der Waals surface area contributed by atoms with Crippen LogP contribution in [-0.2, 0) is 0 Å². The highest BCUT2D eigenvalue weighted by Crippen LogP contribution is 2.30. The fourth-order valence-corrected chi connectivity index (χ4v) is 3.30. The summed E-state index contributed by atoms with van der Waals surface area (Å²) in [6, 6.07) is 0.635. The number of hydrogen-bond acceptors (Lipinski definition) is 3. The fourth-order valence-electron chi connectivity index (χ4n) is 3.30. The van der Waals surface area contributed by atoms with Gasteiger partial charge in [0, 0.05) is 31.2 Å². The molecule has 0 spiro atoms. The smallest absolute Gasteiger partial charge is 0.0470 e. The van der Waals surface area contributed by atoms with E-state index in [1.165, 1.54) is 38.9 Å². The Kier molecular flexibility index (Phi) is 7.66. The van der Waals surface area contributed by atoms with E-state index in [2.05, 4.69) is 51.3 Å². The zero-order valence-corrected chi connectivity index (χ0v) is 15.4. The highest BCUT2D eigenvalue weighted by molar-refractivity contribution is 5.00. The SMILES string of the molecule is CC(C)CCN(CCC(C)C)C1(CN)CCN(C(C)C)C1. The van der Waals surface area contributed by atoms with Crippen molar-refractivity contribution in [2.45, 2.75) is 72.4 Å². The summed E-state index contributed by atoms with van der Waals surface area (Å²) in [7, 11) is 0. The molecule has 0 amide bonds. The molecule has 3 nitrogen and oxygen atoms in total. The van der Waals surface area contributed by atoms with E-state index in [-0.39, 0.29) is 5.54 Å². The van der Waals surface area contributed by atoms with Gasteiger partial charge >= 0.3 is 0 Å². The van der Waals surface area contributed by atoms with Crippen molar-refractivity contribution in [2.75, 3.05) is 32.7 Å². The Balaban J connectivity index is 2.76. The molecular weight excluding hydrogens is 258 g/mol. The highest BCUT2D eigenvalue weighted by Gasteiger charge is 2.42. The van der Waals surface area contributed by atoms with Crippen molar-refractivity contribution in [1.29, 1.82) is 0 Å². The molecule has 0 bridgehead atoms. The molecule has 3 heteroatoms. The van der Waals surface area contributed by atoms with Crippen LogP contribution in [0.2, 0.25) is 0 Å². The Morgan fingerprint density at radius 2 is 1.52 bits per heavy atom. The third-order valence-electron chi connectivity index (χ3n) is 5.10. The van der Waals surface area contributed by atoms with Crippen LogP contribution < -0.4 is 5.73 Å². The second kappa shape index (κ2) is 8.50. The third-order valence-corrected chi connectivity index (χ3v) is 5.10. The first-order valence-electron chi connectivity index (χ1n) is 9.00. The van der Waals surface area contributed by atoms with Crippen molar-refractivity contribution >= 4 is 0 Å². The van der Waals surface area contributed by atoms with Gasteiger partial charge in [-0.1, -0.05) is 27.7 Å². The molecule has 1 rings (SSSR count). The summed E-state index contributed by atoms with van der Waals surface area (Å²) in [5.74, 6) is 1.54. The first kappa shape index (κ1) is 18.9. The van der Waals surface area contributed by atoms with Crippen LogP contribution in [0.4, 0.5) is 0 Å². The molecule has 0 aromatic carbocycles. The van der Waals surface area contributed by atoms with Gasteiger partial charge in [0.2, 0.25) is 0 Å². The molecule has 0 aromatic heterocycles. The van der Waals surface area contributed by atoms with E-state index in [1.807, 2.05) is 0 Å². The maximum atomic E-state index is 6.28. The van der Waals surface area contributed by atoms with Gasteiger partial charge in [-0.25, -0.2) is 0 Å². The maximum absolute atomic E-state index is 6.28. The Morgan fingerprint density at radius 3 is 1.86 bits per heavy atom. The molecule has 1 aliphatic heterocycles. The summed E-state index contributed by atoms with van der Waals surface area (Å²) in [5, 5.41) is 0. The Hall–Kier alpha value is -0.120. The fraction of sp³-hybridized carbons (Fsp3) is 1.00. The van der Waals surface area contributed by atoms with E-state index < -0.39 is 0 Å². The molecule has 0 aliphatic carbocycles. The number of nitrogens with zero attached hydrogens (tertiary/aromatic N) is 2. The Labute approximate surface area is 133 Å². The summed E-state index contributed by atoms with van der Waals surface area (Å²) in [6.45, 7) is 19.5. The van der Waals surface area contributed by atoms with Crippen molar-refractivity contribution in [3.05, 3.63) is 0 Å².